The third-order valence-electron chi connectivity index (χ3n) is 5.56. The Kier molecular flexibility index (Phi) is 6.14. The van der Waals surface area contributed by atoms with Crippen LogP contribution in [0.2, 0.25) is 0 Å². The molecule has 1 heterocycles. The number of aromatic nitrogens is 1. The van der Waals surface area contributed by atoms with Gasteiger partial charge in [0.15, 0.2) is 0 Å². The minimum absolute atomic E-state index is 0.0816. The van der Waals surface area contributed by atoms with Gasteiger partial charge in [0.25, 0.3) is 0 Å². The standard InChI is InChI=1S/C26H26N4O2/c1-17-15-23(21-12-6-7-14-22(21)28-17)29-26(32)25(31)27-16-24(30(2)3)20-13-8-10-18-9-4-5-11-19(18)20/h4-15,24H,16H2,1-3H3,(H,27,31)(H,28,29,32). The van der Waals surface area contributed by atoms with E-state index in [1.165, 1.54) is 0 Å². The van der Waals surface area contributed by atoms with E-state index >= 15 is 0 Å². The van der Waals surface area contributed by atoms with Crippen molar-refractivity contribution < 1.29 is 9.59 Å². The molecule has 1 aromatic heterocycles. The molecule has 0 spiro atoms. The number of pyridine rings is 1. The lowest BCUT2D eigenvalue weighted by molar-refractivity contribution is -0.136. The van der Waals surface area contributed by atoms with Gasteiger partial charge in [-0.15, -0.1) is 0 Å². The third-order valence-corrected chi connectivity index (χ3v) is 5.56. The van der Waals surface area contributed by atoms with Crippen molar-refractivity contribution >= 4 is 39.2 Å². The zero-order valence-electron chi connectivity index (χ0n) is 18.4. The summed E-state index contributed by atoms with van der Waals surface area (Å²) in [6.45, 7) is 2.16. The van der Waals surface area contributed by atoms with Gasteiger partial charge in [0.05, 0.1) is 17.2 Å². The van der Waals surface area contributed by atoms with Crippen molar-refractivity contribution in [3.05, 3.63) is 84.1 Å². The van der Waals surface area contributed by atoms with E-state index in [1.807, 2.05) is 68.4 Å². The Morgan fingerprint density at radius 3 is 2.38 bits per heavy atom. The monoisotopic (exact) mass is 426 g/mol. The molecule has 0 saturated carbocycles. The van der Waals surface area contributed by atoms with Crippen molar-refractivity contribution in [3.8, 4) is 0 Å². The van der Waals surface area contributed by atoms with Crippen LogP contribution in [0.4, 0.5) is 5.69 Å². The van der Waals surface area contributed by atoms with Crippen LogP contribution < -0.4 is 10.6 Å². The van der Waals surface area contributed by atoms with E-state index in [0.717, 1.165) is 32.9 Å². The number of hydrogen-bond donors (Lipinski definition) is 2. The first kappa shape index (κ1) is 21.5. The van der Waals surface area contributed by atoms with Gasteiger partial charge < -0.3 is 15.5 Å². The second kappa shape index (κ2) is 9.16. The van der Waals surface area contributed by atoms with Gasteiger partial charge in [0.1, 0.15) is 0 Å². The zero-order chi connectivity index (χ0) is 22.7. The molecular formula is C26H26N4O2. The Morgan fingerprint density at radius 2 is 1.59 bits per heavy atom. The Balaban J connectivity index is 1.50. The molecule has 0 bridgehead atoms. The Bertz CT molecular complexity index is 1290. The largest absolute Gasteiger partial charge is 0.346 e. The number of carbonyl (C=O) groups excluding carboxylic acids is 2. The lowest BCUT2D eigenvalue weighted by atomic mass is 9.98. The highest BCUT2D eigenvalue weighted by Crippen LogP contribution is 2.27. The average molecular weight is 427 g/mol. The van der Waals surface area contributed by atoms with Gasteiger partial charge in [-0.05, 0) is 49.5 Å². The highest BCUT2D eigenvalue weighted by molar-refractivity contribution is 6.40. The molecule has 1 atom stereocenters. The zero-order valence-corrected chi connectivity index (χ0v) is 18.4. The number of anilines is 1. The molecule has 1 unspecified atom stereocenters. The second-order valence-corrected chi connectivity index (χ2v) is 8.04. The fourth-order valence-electron chi connectivity index (χ4n) is 3.97. The molecule has 0 aliphatic rings. The van der Waals surface area contributed by atoms with E-state index in [1.54, 1.807) is 6.07 Å². The van der Waals surface area contributed by atoms with Crippen LogP contribution in [0.1, 0.15) is 17.3 Å². The molecule has 0 saturated heterocycles. The normalized spacial score (nSPS) is 12.1. The van der Waals surface area contributed by atoms with Crippen LogP contribution in [-0.4, -0.2) is 42.3 Å². The third kappa shape index (κ3) is 4.45. The molecule has 6 heteroatoms. The van der Waals surface area contributed by atoms with Crippen molar-refractivity contribution in [2.75, 3.05) is 26.0 Å². The first-order chi connectivity index (χ1) is 15.4. The summed E-state index contributed by atoms with van der Waals surface area (Å²) in [5.74, 6) is -1.37. The first-order valence-electron chi connectivity index (χ1n) is 10.5. The molecule has 32 heavy (non-hydrogen) atoms. The summed E-state index contributed by atoms with van der Waals surface area (Å²) in [6.07, 6.45) is 0. The van der Waals surface area contributed by atoms with E-state index in [9.17, 15) is 9.59 Å². The minimum Gasteiger partial charge on any atom is -0.346 e. The topological polar surface area (TPSA) is 74.3 Å². The Hall–Kier alpha value is -3.77. The summed E-state index contributed by atoms with van der Waals surface area (Å²) in [7, 11) is 3.93. The lowest BCUT2D eigenvalue weighted by Gasteiger charge is -2.26. The number of carbonyl (C=O) groups is 2. The van der Waals surface area contributed by atoms with Gasteiger partial charge in [-0.2, -0.15) is 0 Å². The summed E-state index contributed by atoms with van der Waals surface area (Å²) in [5, 5.41) is 8.61. The van der Waals surface area contributed by atoms with Crippen LogP contribution in [0.25, 0.3) is 21.7 Å². The summed E-state index contributed by atoms with van der Waals surface area (Å²) < 4.78 is 0. The molecule has 0 fully saturated rings. The van der Waals surface area contributed by atoms with E-state index < -0.39 is 11.8 Å². The van der Waals surface area contributed by atoms with Crippen molar-refractivity contribution in [1.82, 2.24) is 15.2 Å². The quantitative estimate of drug-likeness (QED) is 0.472. The highest BCUT2D eigenvalue weighted by Gasteiger charge is 2.21. The fraction of sp³-hybridized carbons (Fsp3) is 0.192. The van der Waals surface area contributed by atoms with E-state index in [-0.39, 0.29) is 6.04 Å². The fourth-order valence-corrected chi connectivity index (χ4v) is 3.97. The van der Waals surface area contributed by atoms with Crippen LogP contribution in [0.15, 0.2) is 72.8 Å². The number of amides is 2. The number of hydrogen-bond acceptors (Lipinski definition) is 4. The molecular weight excluding hydrogens is 400 g/mol. The predicted octanol–water partition coefficient (Wildman–Crippen LogP) is 4.05. The number of rotatable bonds is 5. The summed E-state index contributed by atoms with van der Waals surface area (Å²) in [5.41, 5.74) is 3.21. The van der Waals surface area contributed by atoms with Crippen LogP contribution in [-0.2, 0) is 9.59 Å². The van der Waals surface area contributed by atoms with E-state index in [4.69, 9.17) is 0 Å². The molecule has 0 aliphatic carbocycles. The molecule has 0 aliphatic heterocycles. The van der Waals surface area contributed by atoms with Crippen LogP contribution in [0.5, 0.6) is 0 Å². The van der Waals surface area contributed by atoms with Crippen LogP contribution in [0.3, 0.4) is 0 Å². The van der Waals surface area contributed by atoms with Gasteiger partial charge in [-0.1, -0.05) is 60.7 Å². The number of aryl methyl sites for hydroxylation is 1. The maximum absolute atomic E-state index is 12.6. The van der Waals surface area contributed by atoms with E-state index in [0.29, 0.717) is 12.2 Å². The first-order valence-corrected chi connectivity index (χ1v) is 10.5. The van der Waals surface area contributed by atoms with Crippen LogP contribution >= 0.6 is 0 Å². The number of fused-ring (bicyclic) bond motifs is 2. The molecule has 3 aromatic carbocycles. The van der Waals surface area contributed by atoms with Gasteiger partial charge in [-0.3, -0.25) is 14.6 Å². The Morgan fingerprint density at radius 1 is 0.906 bits per heavy atom. The van der Waals surface area contributed by atoms with Gasteiger partial charge in [-0.25, -0.2) is 0 Å². The lowest BCUT2D eigenvalue weighted by Crippen LogP contribution is -2.40. The number of nitrogens with zero attached hydrogens (tertiary/aromatic N) is 2. The number of likely N-dealkylation sites (N-methyl/N-ethyl adjacent to an activating group) is 1. The second-order valence-electron chi connectivity index (χ2n) is 8.04. The maximum Gasteiger partial charge on any atom is 0.313 e. The van der Waals surface area contributed by atoms with Gasteiger partial charge in [0, 0.05) is 17.6 Å². The molecule has 4 aromatic rings. The van der Waals surface area contributed by atoms with Crippen LogP contribution in [0, 0.1) is 6.92 Å². The average Bonchev–Trinajstić information content (AvgIpc) is 2.78. The highest BCUT2D eigenvalue weighted by atomic mass is 16.2. The molecule has 162 valence electrons. The number of para-hydroxylation sites is 1. The predicted molar refractivity (Wildman–Crippen MR) is 128 cm³/mol. The minimum atomic E-state index is -0.698. The summed E-state index contributed by atoms with van der Waals surface area (Å²) in [6, 6.07) is 23.5. The summed E-state index contributed by atoms with van der Waals surface area (Å²) in [4.78, 5) is 31.8. The van der Waals surface area contributed by atoms with Crippen molar-refractivity contribution in [2.45, 2.75) is 13.0 Å². The molecule has 2 amide bonds. The van der Waals surface area contributed by atoms with Crippen molar-refractivity contribution in [1.29, 1.82) is 0 Å². The Labute approximate surface area is 187 Å². The smallest absolute Gasteiger partial charge is 0.313 e. The molecule has 2 N–H and O–H groups in total. The van der Waals surface area contributed by atoms with Crippen molar-refractivity contribution in [2.24, 2.45) is 0 Å². The molecule has 0 radical (unpaired) electrons. The molecule has 4 rings (SSSR count). The molecule has 6 nitrogen and oxygen atoms in total. The summed E-state index contributed by atoms with van der Waals surface area (Å²) >= 11 is 0. The number of benzene rings is 3. The van der Waals surface area contributed by atoms with Gasteiger partial charge in [0.2, 0.25) is 0 Å². The van der Waals surface area contributed by atoms with E-state index in [2.05, 4.69) is 39.9 Å². The number of nitrogens with one attached hydrogen (secondary N) is 2. The SMILES string of the molecule is Cc1cc(NC(=O)C(=O)NCC(c2cccc3ccccc23)N(C)C)c2ccccc2n1. The van der Waals surface area contributed by atoms with Gasteiger partial charge >= 0.3 is 11.8 Å². The maximum atomic E-state index is 12.6. The van der Waals surface area contributed by atoms with Crippen molar-refractivity contribution in [3.63, 3.8) is 0 Å².